The molecule has 0 aliphatic heterocycles. The summed E-state index contributed by atoms with van der Waals surface area (Å²) in [7, 11) is 1.62. The monoisotopic (exact) mass is 381 g/mol. The van der Waals surface area contributed by atoms with E-state index in [0.29, 0.717) is 17.3 Å². The van der Waals surface area contributed by atoms with Crippen LogP contribution in [-0.4, -0.2) is 29.1 Å². The second-order valence-electron chi connectivity index (χ2n) is 5.91. The Balaban J connectivity index is 1.57. The SMILES string of the molecule is COc1cc(/C=C/C(=O)NCCc2cccc(Cl)c2)ccc1-n1ccnc1. The fourth-order valence-corrected chi connectivity index (χ4v) is 2.88. The number of halogens is 1. The van der Waals surface area contributed by atoms with E-state index in [-0.39, 0.29) is 5.91 Å². The smallest absolute Gasteiger partial charge is 0.244 e. The number of ether oxygens (including phenoxy) is 1. The van der Waals surface area contributed by atoms with Gasteiger partial charge in [0.25, 0.3) is 0 Å². The van der Waals surface area contributed by atoms with Gasteiger partial charge in [-0.25, -0.2) is 4.98 Å². The van der Waals surface area contributed by atoms with Gasteiger partial charge < -0.3 is 14.6 Å². The number of hydrogen-bond acceptors (Lipinski definition) is 3. The van der Waals surface area contributed by atoms with Crippen molar-refractivity contribution in [1.82, 2.24) is 14.9 Å². The fourth-order valence-electron chi connectivity index (χ4n) is 2.67. The zero-order valence-electron chi connectivity index (χ0n) is 14.9. The summed E-state index contributed by atoms with van der Waals surface area (Å²) in [5, 5.41) is 3.57. The molecule has 0 unspecified atom stereocenters. The number of imidazole rings is 1. The molecule has 0 aliphatic rings. The van der Waals surface area contributed by atoms with Crippen molar-refractivity contribution < 1.29 is 9.53 Å². The largest absolute Gasteiger partial charge is 0.495 e. The normalized spacial score (nSPS) is 10.9. The van der Waals surface area contributed by atoms with E-state index in [0.717, 1.165) is 23.2 Å². The summed E-state index contributed by atoms with van der Waals surface area (Å²) in [4.78, 5) is 16.1. The molecule has 1 aromatic heterocycles. The number of carbonyl (C=O) groups is 1. The molecule has 0 atom stereocenters. The number of amides is 1. The molecule has 0 aliphatic carbocycles. The minimum absolute atomic E-state index is 0.144. The molecule has 27 heavy (non-hydrogen) atoms. The highest BCUT2D eigenvalue weighted by Gasteiger charge is 2.05. The van der Waals surface area contributed by atoms with Crippen LogP contribution in [-0.2, 0) is 11.2 Å². The Morgan fingerprint density at radius 2 is 2.19 bits per heavy atom. The molecule has 0 radical (unpaired) electrons. The summed E-state index contributed by atoms with van der Waals surface area (Å²) in [5.74, 6) is 0.561. The van der Waals surface area contributed by atoms with Gasteiger partial charge in [-0.3, -0.25) is 4.79 Å². The van der Waals surface area contributed by atoms with Crippen molar-refractivity contribution in [2.24, 2.45) is 0 Å². The lowest BCUT2D eigenvalue weighted by Gasteiger charge is -2.09. The van der Waals surface area contributed by atoms with E-state index in [9.17, 15) is 4.79 Å². The highest BCUT2D eigenvalue weighted by Crippen LogP contribution is 2.24. The molecule has 1 N–H and O–H groups in total. The standard InChI is InChI=1S/C21H20ClN3O2/c1-27-20-14-17(5-7-19(20)25-12-11-23-15-25)6-8-21(26)24-10-9-16-3-2-4-18(22)13-16/h2-8,11-15H,9-10H2,1H3,(H,24,26)/b8-6+. The van der Waals surface area contributed by atoms with Crippen LogP contribution in [0.1, 0.15) is 11.1 Å². The number of aromatic nitrogens is 2. The Kier molecular flexibility index (Phi) is 6.28. The summed E-state index contributed by atoms with van der Waals surface area (Å²) < 4.78 is 7.32. The molecule has 2 aromatic carbocycles. The van der Waals surface area contributed by atoms with Crippen molar-refractivity contribution >= 4 is 23.6 Å². The summed E-state index contributed by atoms with van der Waals surface area (Å²) >= 11 is 5.96. The number of rotatable bonds is 7. The molecule has 5 nitrogen and oxygen atoms in total. The Bertz CT molecular complexity index is 936. The summed E-state index contributed by atoms with van der Waals surface area (Å²) in [6.45, 7) is 0.548. The van der Waals surface area contributed by atoms with Crippen LogP contribution in [0.25, 0.3) is 11.8 Å². The summed E-state index contributed by atoms with van der Waals surface area (Å²) in [6, 6.07) is 13.4. The second kappa shape index (κ2) is 9.05. The maximum Gasteiger partial charge on any atom is 0.244 e. The van der Waals surface area contributed by atoms with E-state index in [1.165, 1.54) is 6.08 Å². The Morgan fingerprint density at radius 3 is 2.93 bits per heavy atom. The average Bonchev–Trinajstić information content (AvgIpc) is 3.21. The van der Waals surface area contributed by atoms with Crippen LogP contribution < -0.4 is 10.1 Å². The van der Waals surface area contributed by atoms with Gasteiger partial charge in [0.1, 0.15) is 5.75 Å². The van der Waals surface area contributed by atoms with Crippen molar-refractivity contribution in [1.29, 1.82) is 0 Å². The highest BCUT2D eigenvalue weighted by molar-refractivity contribution is 6.30. The molecule has 6 heteroatoms. The van der Waals surface area contributed by atoms with Crippen LogP contribution in [0.5, 0.6) is 5.75 Å². The third kappa shape index (κ3) is 5.21. The van der Waals surface area contributed by atoms with Gasteiger partial charge in [0, 0.05) is 30.0 Å². The van der Waals surface area contributed by atoms with Gasteiger partial charge in [0.05, 0.1) is 19.1 Å². The van der Waals surface area contributed by atoms with Crippen LogP contribution in [0.15, 0.2) is 67.3 Å². The zero-order chi connectivity index (χ0) is 19.1. The lowest BCUT2D eigenvalue weighted by Crippen LogP contribution is -2.23. The van der Waals surface area contributed by atoms with Crippen molar-refractivity contribution in [3.8, 4) is 11.4 Å². The first-order valence-corrected chi connectivity index (χ1v) is 8.90. The maximum atomic E-state index is 12.0. The van der Waals surface area contributed by atoms with Crippen LogP contribution in [0.2, 0.25) is 5.02 Å². The van der Waals surface area contributed by atoms with E-state index in [1.807, 2.05) is 53.2 Å². The molecular formula is C21H20ClN3O2. The first-order chi connectivity index (χ1) is 13.2. The van der Waals surface area contributed by atoms with Gasteiger partial charge >= 0.3 is 0 Å². The van der Waals surface area contributed by atoms with E-state index in [2.05, 4.69) is 10.3 Å². The van der Waals surface area contributed by atoms with Crippen LogP contribution in [0.4, 0.5) is 0 Å². The lowest BCUT2D eigenvalue weighted by atomic mass is 10.1. The third-order valence-corrected chi connectivity index (χ3v) is 4.25. The first kappa shape index (κ1) is 18.7. The number of carbonyl (C=O) groups excluding carboxylic acids is 1. The van der Waals surface area contributed by atoms with Gasteiger partial charge in [-0.05, 0) is 47.9 Å². The van der Waals surface area contributed by atoms with Gasteiger partial charge in [0.15, 0.2) is 0 Å². The first-order valence-electron chi connectivity index (χ1n) is 8.52. The van der Waals surface area contributed by atoms with E-state index in [1.54, 1.807) is 25.7 Å². The number of nitrogens with zero attached hydrogens (tertiary/aromatic N) is 2. The summed E-state index contributed by atoms with van der Waals surface area (Å²) in [6.07, 6.45) is 9.27. The fraction of sp³-hybridized carbons (Fsp3) is 0.143. The van der Waals surface area contributed by atoms with Gasteiger partial charge in [-0.15, -0.1) is 0 Å². The maximum absolute atomic E-state index is 12.0. The molecule has 0 spiro atoms. The quantitative estimate of drug-likeness (QED) is 0.631. The van der Waals surface area contributed by atoms with Gasteiger partial charge in [-0.1, -0.05) is 29.8 Å². The van der Waals surface area contributed by atoms with E-state index < -0.39 is 0 Å². The molecule has 138 valence electrons. The van der Waals surface area contributed by atoms with Crippen LogP contribution >= 0.6 is 11.6 Å². The molecule has 1 amide bonds. The minimum Gasteiger partial charge on any atom is -0.495 e. The van der Waals surface area contributed by atoms with E-state index in [4.69, 9.17) is 16.3 Å². The van der Waals surface area contributed by atoms with Gasteiger partial charge in [0.2, 0.25) is 5.91 Å². The summed E-state index contributed by atoms with van der Waals surface area (Å²) in [5.41, 5.74) is 2.85. The molecule has 3 rings (SSSR count). The number of benzene rings is 2. The molecule has 0 fully saturated rings. The Labute approximate surface area is 163 Å². The molecular weight excluding hydrogens is 362 g/mol. The molecule has 1 heterocycles. The van der Waals surface area contributed by atoms with Crippen molar-refractivity contribution in [3.05, 3.63) is 83.4 Å². The van der Waals surface area contributed by atoms with Crippen LogP contribution in [0, 0.1) is 0 Å². The van der Waals surface area contributed by atoms with Gasteiger partial charge in [-0.2, -0.15) is 0 Å². The van der Waals surface area contributed by atoms with Crippen molar-refractivity contribution in [2.75, 3.05) is 13.7 Å². The highest BCUT2D eigenvalue weighted by atomic mass is 35.5. The topological polar surface area (TPSA) is 56.1 Å². The minimum atomic E-state index is -0.144. The Hall–Kier alpha value is -3.05. The lowest BCUT2D eigenvalue weighted by molar-refractivity contribution is -0.116. The van der Waals surface area contributed by atoms with Crippen LogP contribution in [0.3, 0.4) is 0 Å². The average molecular weight is 382 g/mol. The van der Waals surface area contributed by atoms with E-state index >= 15 is 0 Å². The number of methoxy groups -OCH3 is 1. The predicted molar refractivity (Wildman–Crippen MR) is 107 cm³/mol. The zero-order valence-corrected chi connectivity index (χ0v) is 15.7. The predicted octanol–water partition coefficient (Wildman–Crippen LogP) is 3.91. The van der Waals surface area contributed by atoms with Crippen molar-refractivity contribution in [2.45, 2.75) is 6.42 Å². The molecule has 0 saturated carbocycles. The number of hydrogen-bond donors (Lipinski definition) is 1. The molecule has 0 saturated heterocycles. The third-order valence-electron chi connectivity index (χ3n) is 4.02. The molecule has 0 bridgehead atoms. The second-order valence-corrected chi connectivity index (χ2v) is 6.34. The number of nitrogens with one attached hydrogen (secondary N) is 1. The molecule has 3 aromatic rings. The van der Waals surface area contributed by atoms with Crippen molar-refractivity contribution in [3.63, 3.8) is 0 Å². The Morgan fingerprint density at radius 1 is 1.30 bits per heavy atom.